The van der Waals surface area contributed by atoms with Crippen LogP contribution in [0.15, 0.2) is 47.6 Å². The molecule has 3 rings (SSSR count). The van der Waals surface area contributed by atoms with Crippen LogP contribution in [0.4, 0.5) is 0 Å². The van der Waals surface area contributed by atoms with E-state index in [9.17, 15) is 4.91 Å². The quantitative estimate of drug-likeness (QED) is 0.755. The summed E-state index contributed by atoms with van der Waals surface area (Å²) in [5.41, 5.74) is 5.02. The van der Waals surface area contributed by atoms with Crippen molar-refractivity contribution in [3.8, 4) is 17.2 Å². The van der Waals surface area contributed by atoms with Crippen LogP contribution in [0.1, 0.15) is 29.2 Å². The van der Waals surface area contributed by atoms with Gasteiger partial charge in [0.1, 0.15) is 6.04 Å². The van der Waals surface area contributed by atoms with Crippen LogP contribution in [-0.4, -0.2) is 0 Å². The summed E-state index contributed by atoms with van der Waals surface area (Å²) in [5, 5.41) is 12.1. The van der Waals surface area contributed by atoms with E-state index in [0.717, 1.165) is 29.5 Å². The van der Waals surface area contributed by atoms with E-state index in [4.69, 9.17) is 5.26 Å². The highest BCUT2D eigenvalue weighted by molar-refractivity contribution is 5.67. The minimum absolute atomic E-state index is 0.186. The third-order valence-corrected chi connectivity index (χ3v) is 3.64. The maximum atomic E-state index is 10.7. The first-order chi connectivity index (χ1) is 9.31. The Balaban J connectivity index is 2.03. The first kappa shape index (κ1) is 11.6. The third-order valence-electron chi connectivity index (χ3n) is 3.64. The van der Waals surface area contributed by atoms with Crippen molar-refractivity contribution in [1.29, 1.82) is 5.26 Å². The van der Waals surface area contributed by atoms with Crippen molar-refractivity contribution in [2.24, 2.45) is 5.18 Å². The molecule has 0 bridgehead atoms. The molecule has 0 spiro atoms. The van der Waals surface area contributed by atoms with Crippen LogP contribution in [0.5, 0.6) is 0 Å². The van der Waals surface area contributed by atoms with Gasteiger partial charge in [0, 0.05) is 0 Å². The van der Waals surface area contributed by atoms with Gasteiger partial charge in [-0.2, -0.15) is 10.2 Å². The lowest BCUT2D eigenvalue weighted by atomic mass is 9.99. The summed E-state index contributed by atoms with van der Waals surface area (Å²) >= 11 is 0. The Hall–Kier alpha value is -2.47. The Morgan fingerprint density at radius 1 is 1.16 bits per heavy atom. The fourth-order valence-corrected chi connectivity index (χ4v) is 2.65. The summed E-state index contributed by atoms with van der Waals surface area (Å²) < 4.78 is 0. The van der Waals surface area contributed by atoms with Crippen LogP contribution < -0.4 is 0 Å². The van der Waals surface area contributed by atoms with Crippen molar-refractivity contribution in [3.05, 3.63) is 64.1 Å². The van der Waals surface area contributed by atoms with Crippen LogP contribution >= 0.6 is 0 Å². The average molecular weight is 248 g/mol. The van der Waals surface area contributed by atoms with Crippen LogP contribution in [0, 0.1) is 16.2 Å². The summed E-state index contributed by atoms with van der Waals surface area (Å²) in [6, 6.07) is 15.6. The Bertz CT molecular complexity index is 685. The van der Waals surface area contributed by atoms with E-state index < -0.39 is 0 Å². The molecule has 19 heavy (non-hydrogen) atoms. The van der Waals surface area contributed by atoms with Crippen molar-refractivity contribution in [3.63, 3.8) is 0 Å². The van der Waals surface area contributed by atoms with Crippen LogP contribution in [0.3, 0.4) is 0 Å². The second-order valence-electron chi connectivity index (χ2n) is 4.77. The predicted octanol–water partition coefficient (Wildman–Crippen LogP) is 3.98. The second kappa shape index (κ2) is 4.66. The monoisotopic (exact) mass is 248 g/mol. The molecule has 0 heterocycles. The van der Waals surface area contributed by atoms with Crippen molar-refractivity contribution in [2.45, 2.75) is 18.9 Å². The first-order valence-corrected chi connectivity index (χ1v) is 6.27. The number of nitroso groups, excluding NO2 is 1. The summed E-state index contributed by atoms with van der Waals surface area (Å²) in [7, 11) is 0. The van der Waals surface area contributed by atoms with E-state index >= 15 is 0 Å². The Morgan fingerprint density at radius 3 is 2.79 bits per heavy atom. The maximum absolute atomic E-state index is 10.7. The van der Waals surface area contributed by atoms with Crippen molar-refractivity contribution < 1.29 is 0 Å². The standard InChI is InChI=1S/C16H12N2O/c17-10-11-2-1-3-12(8-11)13-4-6-15-14(9-13)5-7-16(15)18-19/h1-4,6,8-9,16H,5,7H2. The lowest BCUT2D eigenvalue weighted by Crippen LogP contribution is -1.88. The fraction of sp³-hybridized carbons (Fsp3) is 0.188. The molecule has 0 aliphatic heterocycles. The van der Waals surface area contributed by atoms with E-state index in [1.54, 1.807) is 6.07 Å². The molecule has 0 saturated carbocycles. The fourth-order valence-electron chi connectivity index (χ4n) is 2.65. The van der Waals surface area contributed by atoms with Gasteiger partial charge in [0.2, 0.25) is 0 Å². The smallest absolute Gasteiger partial charge is 0.117 e. The zero-order chi connectivity index (χ0) is 13.2. The molecule has 0 N–H and O–H groups in total. The van der Waals surface area contributed by atoms with Crippen molar-refractivity contribution >= 4 is 0 Å². The van der Waals surface area contributed by atoms with Gasteiger partial charge in [-0.3, -0.25) is 0 Å². The van der Waals surface area contributed by atoms with Gasteiger partial charge in [-0.25, -0.2) is 0 Å². The molecule has 2 aromatic rings. The van der Waals surface area contributed by atoms with Crippen molar-refractivity contribution in [2.75, 3.05) is 0 Å². The average Bonchev–Trinajstić information content (AvgIpc) is 2.89. The summed E-state index contributed by atoms with van der Waals surface area (Å²) in [5.74, 6) is 0. The molecule has 0 radical (unpaired) electrons. The molecule has 0 fully saturated rings. The topological polar surface area (TPSA) is 53.2 Å². The van der Waals surface area contributed by atoms with Crippen molar-refractivity contribution in [1.82, 2.24) is 0 Å². The molecule has 2 aromatic carbocycles. The van der Waals surface area contributed by atoms with Gasteiger partial charge in [0.15, 0.2) is 0 Å². The molecule has 0 aromatic heterocycles. The van der Waals surface area contributed by atoms with Crippen LogP contribution in [-0.2, 0) is 6.42 Å². The zero-order valence-corrected chi connectivity index (χ0v) is 10.3. The number of aryl methyl sites for hydroxylation is 1. The molecule has 1 unspecified atom stereocenters. The summed E-state index contributed by atoms with van der Waals surface area (Å²) in [6.45, 7) is 0. The van der Waals surface area contributed by atoms with Gasteiger partial charge in [-0.15, -0.1) is 0 Å². The molecule has 1 aliphatic rings. The zero-order valence-electron chi connectivity index (χ0n) is 10.3. The second-order valence-corrected chi connectivity index (χ2v) is 4.77. The van der Waals surface area contributed by atoms with Gasteiger partial charge in [-0.05, 0) is 47.2 Å². The maximum Gasteiger partial charge on any atom is 0.117 e. The minimum Gasteiger partial charge on any atom is -0.192 e. The lowest BCUT2D eigenvalue weighted by molar-refractivity contribution is 0.710. The molecule has 92 valence electrons. The van der Waals surface area contributed by atoms with E-state index in [1.165, 1.54) is 5.56 Å². The number of nitriles is 1. The van der Waals surface area contributed by atoms with Gasteiger partial charge in [0.25, 0.3) is 0 Å². The number of benzene rings is 2. The van der Waals surface area contributed by atoms with E-state index in [-0.39, 0.29) is 6.04 Å². The molecule has 0 amide bonds. The van der Waals surface area contributed by atoms with Crippen LogP contribution in [0.2, 0.25) is 0 Å². The molecule has 1 aliphatic carbocycles. The normalized spacial score (nSPS) is 16.7. The molecule has 3 heteroatoms. The number of hydrogen-bond acceptors (Lipinski definition) is 3. The highest BCUT2D eigenvalue weighted by Gasteiger charge is 2.23. The van der Waals surface area contributed by atoms with Gasteiger partial charge < -0.3 is 0 Å². The number of hydrogen-bond donors (Lipinski definition) is 0. The predicted molar refractivity (Wildman–Crippen MR) is 73.5 cm³/mol. The Kier molecular flexibility index (Phi) is 2.85. The molecular formula is C16H12N2O. The van der Waals surface area contributed by atoms with E-state index in [1.807, 2.05) is 30.3 Å². The molecule has 3 nitrogen and oxygen atoms in total. The number of rotatable bonds is 2. The number of nitrogens with zero attached hydrogens (tertiary/aromatic N) is 2. The van der Waals surface area contributed by atoms with Gasteiger partial charge in [0.05, 0.1) is 11.6 Å². The van der Waals surface area contributed by atoms with E-state index in [2.05, 4.69) is 17.3 Å². The Morgan fingerprint density at radius 2 is 2.00 bits per heavy atom. The molecule has 0 saturated heterocycles. The number of fused-ring (bicyclic) bond motifs is 1. The van der Waals surface area contributed by atoms with Gasteiger partial charge in [-0.1, -0.05) is 35.5 Å². The molecular weight excluding hydrogens is 236 g/mol. The summed E-state index contributed by atoms with van der Waals surface area (Å²) in [6.07, 6.45) is 1.71. The highest BCUT2D eigenvalue weighted by atomic mass is 16.3. The first-order valence-electron chi connectivity index (χ1n) is 6.27. The third kappa shape index (κ3) is 2.02. The van der Waals surface area contributed by atoms with Crippen LogP contribution in [0.25, 0.3) is 11.1 Å². The molecule has 1 atom stereocenters. The Labute approximate surface area is 111 Å². The highest BCUT2D eigenvalue weighted by Crippen LogP contribution is 2.36. The van der Waals surface area contributed by atoms with Gasteiger partial charge >= 0.3 is 0 Å². The van der Waals surface area contributed by atoms with E-state index in [0.29, 0.717) is 5.56 Å². The lowest BCUT2D eigenvalue weighted by Gasteiger charge is -2.06. The summed E-state index contributed by atoms with van der Waals surface area (Å²) in [4.78, 5) is 10.7. The largest absolute Gasteiger partial charge is 0.192 e. The minimum atomic E-state index is -0.186. The SMILES string of the molecule is N#Cc1cccc(-c2ccc3c(c2)CCC3N=O)c1.